The quantitative estimate of drug-likeness (QED) is 0.632. The van der Waals surface area contributed by atoms with Crippen LogP contribution in [0.25, 0.3) is 0 Å². The zero-order valence-electron chi connectivity index (χ0n) is 19.3. The molecule has 4 aliphatic carbocycles. The molecule has 6 heteroatoms. The zero-order valence-corrected chi connectivity index (χ0v) is 19.3. The van der Waals surface area contributed by atoms with Gasteiger partial charge in [-0.1, -0.05) is 38.8 Å². The van der Waals surface area contributed by atoms with Gasteiger partial charge >= 0.3 is 5.97 Å². The van der Waals surface area contributed by atoms with Crippen molar-refractivity contribution >= 4 is 23.3 Å². The Bertz CT molecular complexity index is 915. The van der Waals surface area contributed by atoms with Crippen LogP contribution in [0.2, 0.25) is 0 Å². The van der Waals surface area contributed by atoms with Gasteiger partial charge in [0.25, 0.3) is 0 Å². The normalized spacial score (nSPS) is 40.2. The van der Waals surface area contributed by atoms with Crippen molar-refractivity contribution in [2.75, 3.05) is 6.61 Å². The third-order valence-corrected chi connectivity index (χ3v) is 8.99. The lowest BCUT2D eigenvalue weighted by atomic mass is 9.46. The van der Waals surface area contributed by atoms with Crippen LogP contribution in [-0.4, -0.2) is 40.6 Å². The number of aliphatic hydroxyl groups excluding tert-OH is 1. The fourth-order valence-corrected chi connectivity index (χ4v) is 7.39. The molecule has 4 aliphatic rings. The van der Waals surface area contributed by atoms with Crippen LogP contribution >= 0.6 is 0 Å². The smallest absolute Gasteiger partial charge is 0.306 e. The summed E-state index contributed by atoms with van der Waals surface area (Å²) in [6.07, 6.45) is 9.54. The van der Waals surface area contributed by atoms with E-state index >= 15 is 0 Å². The summed E-state index contributed by atoms with van der Waals surface area (Å²) in [5, 5.41) is 9.80. The first-order valence-corrected chi connectivity index (χ1v) is 12.0. The Kier molecular flexibility index (Phi) is 5.81. The number of carbonyl (C=O) groups is 4. The van der Waals surface area contributed by atoms with Crippen LogP contribution < -0.4 is 0 Å². The van der Waals surface area contributed by atoms with Crippen LogP contribution in [0.5, 0.6) is 0 Å². The highest BCUT2D eigenvalue weighted by Gasteiger charge is 2.70. The highest BCUT2D eigenvalue weighted by atomic mass is 16.6. The molecular formula is C26H34O6. The Balaban J connectivity index is 1.71. The number of rotatable bonds is 6. The van der Waals surface area contributed by atoms with Gasteiger partial charge in [0.2, 0.25) is 5.78 Å². The van der Waals surface area contributed by atoms with E-state index in [-0.39, 0.29) is 42.2 Å². The Morgan fingerprint density at radius 1 is 1.22 bits per heavy atom. The molecule has 6 unspecified atom stereocenters. The van der Waals surface area contributed by atoms with Crippen LogP contribution in [0.4, 0.5) is 0 Å². The van der Waals surface area contributed by atoms with Crippen molar-refractivity contribution in [2.24, 2.45) is 28.6 Å². The number of hydrogen-bond donors (Lipinski definition) is 1. The Morgan fingerprint density at radius 3 is 2.66 bits per heavy atom. The summed E-state index contributed by atoms with van der Waals surface area (Å²) in [5.74, 6) is -1.07. The molecule has 0 aliphatic heterocycles. The van der Waals surface area contributed by atoms with E-state index in [2.05, 4.69) is 0 Å². The number of esters is 1. The summed E-state index contributed by atoms with van der Waals surface area (Å²) in [7, 11) is 0. The average molecular weight is 443 g/mol. The summed E-state index contributed by atoms with van der Waals surface area (Å²) < 4.78 is 5.93. The summed E-state index contributed by atoms with van der Waals surface area (Å²) in [5.41, 5.74) is -1.75. The zero-order chi connectivity index (χ0) is 23.3. The lowest BCUT2D eigenvalue weighted by Crippen LogP contribution is -2.62. The molecule has 0 saturated heterocycles. The van der Waals surface area contributed by atoms with Gasteiger partial charge in [0.05, 0.1) is 0 Å². The van der Waals surface area contributed by atoms with Gasteiger partial charge in [0.1, 0.15) is 12.4 Å². The predicted molar refractivity (Wildman–Crippen MR) is 117 cm³/mol. The Labute approximate surface area is 189 Å². The van der Waals surface area contributed by atoms with Crippen LogP contribution in [0.15, 0.2) is 23.8 Å². The SMILES string of the molecule is CCCCC(=O)OC1(C(=O)CO)CCC2C3CCC4=CC(=O)C=CC4(C)C3C(=O)CC21C. The molecule has 0 amide bonds. The number of allylic oxidation sites excluding steroid dienone is 4. The number of fused-ring (bicyclic) bond motifs is 5. The van der Waals surface area contributed by atoms with E-state index in [9.17, 15) is 24.3 Å². The summed E-state index contributed by atoms with van der Waals surface area (Å²) in [6, 6.07) is 0. The number of ether oxygens (including phenoxy) is 1. The van der Waals surface area contributed by atoms with Crippen molar-refractivity contribution in [3.63, 3.8) is 0 Å². The van der Waals surface area contributed by atoms with Gasteiger partial charge in [-0.3, -0.25) is 19.2 Å². The second-order valence-corrected chi connectivity index (χ2v) is 10.6. The van der Waals surface area contributed by atoms with Crippen LogP contribution in [0.1, 0.15) is 72.1 Å². The molecule has 0 bridgehead atoms. The average Bonchev–Trinajstić information content (AvgIpc) is 3.04. The fourth-order valence-electron chi connectivity index (χ4n) is 7.39. The Morgan fingerprint density at radius 2 is 1.97 bits per heavy atom. The highest BCUT2D eigenvalue weighted by Crippen LogP contribution is 2.66. The van der Waals surface area contributed by atoms with E-state index in [1.807, 2.05) is 26.8 Å². The van der Waals surface area contributed by atoms with Gasteiger partial charge in [0, 0.05) is 29.6 Å². The number of Topliss-reactive ketones (excluding diaryl/α,β-unsaturated/α-hetero) is 2. The van der Waals surface area contributed by atoms with Crippen molar-refractivity contribution in [3.05, 3.63) is 23.8 Å². The third-order valence-electron chi connectivity index (χ3n) is 8.99. The van der Waals surface area contributed by atoms with E-state index in [4.69, 9.17) is 4.74 Å². The minimum atomic E-state index is -1.45. The molecule has 4 rings (SSSR count). The lowest BCUT2D eigenvalue weighted by molar-refractivity contribution is -0.191. The maximum absolute atomic E-state index is 13.7. The first kappa shape index (κ1) is 23.1. The molecule has 0 aromatic heterocycles. The van der Waals surface area contributed by atoms with E-state index in [1.165, 1.54) is 0 Å². The number of hydrogen-bond acceptors (Lipinski definition) is 6. The van der Waals surface area contributed by atoms with Gasteiger partial charge < -0.3 is 9.84 Å². The topological polar surface area (TPSA) is 97.7 Å². The van der Waals surface area contributed by atoms with E-state index in [0.29, 0.717) is 19.3 Å². The standard InChI is InChI=1S/C26H34O6/c1-4-5-6-22(31)32-26(21(30)15-27)12-10-19-18-8-7-16-13-17(28)9-11-24(16,2)23(18)20(29)14-25(19,26)3/h9,11,13,18-19,23,27H,4-8,10,12,14-15H2,1-3H3. The summed E-state index contributed by atoms with van der Waals surface area (Å²) >= 11 is 0. The molecule has 0 spiro atoms. The molecule has 174 valence electrons. The van der Waals surface area contributed by atoms with Gasteiger partial charge in [-0.05, 0) is 56.1 Å². The summed E-state index contributed by atoms with van der Waals surface area (Å²) in [6.45, 7) is 5.23. The largest absolute Gasteiger partial charge is 0.450 e. The molecular weight excluding hydrogens is 408 g/mol. The first-order valence-electron chi connectivity index (χ1n) is 12.0. The molecule has 1 N–H and O–H groups in total. The highest BCUT2D eigenvalue weighted by molar-refractivity contribution is 6.02. The predicted octanol–water partition coefficient (Wildman–Crippen LogP) is 3.51. The number of aliphatic hydroxyl groups is 1. The maximum Gasteiger partial charge on any atom is 0.306 e. The molecule has 6 atom stereocenters. The van der Waals surface area contributed by atoms with Crippen molar-refractivity contribution in [1.29, 1.82) is 0 Å². The second-order valence-electron chi connectivity index (χ2n) is 10.6. The van der Waals surface area contributed by atoms with Gasteiger partial charge in [-0.15, -0.1) is 0 Å². The molecule has 0 radical (unpaired) electrons. The first-order chi connectivity index (χ1) is 15.1. The molecule has 32 heavy (non-hydrogen) atoms. The molecule has 3 fully saturated rings. The van der Waals surface area contributed by atoms with E-state index in [1.54, 1.807) is 12.2 Å². The van der Waals surface area contributed by atoms with Crippen molar-refractivity contribution in [2.45, 2.75) is 77.7 Å². The third kappa shape index (κ3) is 3.17. The van der Waals surface area contributed by atoms with E-state index in [0.717, 1.165) is 24.8 Å². The van der Waals surface area contributed by atoms with E-state index < -0.39 is 34.8 Å². The fraction of sp³-hybridized carbons (Fsp3) is 0.692. The second kappa shape index (κ2) is 8.05. The maximum atomic E-state index is 13.7. The van der Waals surface area contributed by atoms with Crippen molar-refractivity contribution < 1.29 is 29.0 Å². The van der Waals surface area contributed by atoms with Gasteiger partial charge in [-0.25, -0.2) is 0 Å². The van der Waals surface area contributed by atoms with Crippen LogP contribution in [0.3, 0.4) is 0 Å². The van der Waals surface area contributed by atoms with Crippen molar-refractivity contribution in [3.8, 4) is 0 Å². The molecule has 3 saturated carbocycles. The number of ketones is 3. The number of unbranched alkanes of at least 4 members (excludes halogenated alkanes) is 1. The monoisotopic (exact) mass is 442 g/mol. The number of carbonyl (C=O) groups excluding carboxylic acids is 4. The molecule has 0 heterocycles. The Hall–Kier alpha value is -2.08. The van der Waals surface area contributed by atoms with Crippen LogP contribution in [-0.2, 0) is 23.9 Å². The van der Waals surface area contributed by atoms with Gasteiger partial charge in [0.15, 0.2) is 11.4 Å². The molecule has 6 nitrogen and oxygen atoms in total. The minimum absolute atomic E-state index is 0.0311. The van der Waals surface area contributed by atoms with Crippen molar-refractivity contribution in [1.82, 2.24) is 0 Å². The van der Waals surface area contributed by atoms with Gasteiger partial charge in [-0.2, -0.15) is 0 Å². The minimum Gasteiger partial charge on any atom is -0.450 e. The summed E-state index contributed by atoms with van der Waals surface area (Å²) in [4.78, 5) is 51.4. The molecule has 0 aromatic rings. The van der Waals surface area contributed by atoms with Crippen LogP contribution in [0, 0.1) is 28.6 Å². The molecule has 0 aromatic carbocycles. The lowest BCUT2D eigenvalue weighted by Gasteiger charge is -2.57.